The summed E-state index contributed by atoms with van der Waals surface area (Å²) in [6, 6.07) is 9.35. The van der Waals surface area contributed by atoms with Crippen molar-refractivity contribution < 1.29 is 15.1 Å². The van der Waals surface area contributed by atoms with Gasteiger partial charge in [0.25, 0.3) is 0 Å². The maximum absolute atomic E-state index is 10.7. The van der Waals surface area contributed by atoms with Gasteiger partial charge in [0.15, 0.2) is 0 Å². The molecule has 0 aliphatic heterocycles. The minimum atomic E-state index is -0.935. The molecule has 0 bridgehead atoms. The molecule has 0 saturated heterocycles. The number of amides is 2. The second kappa shape index (κ2) is 7.22. The van der Waals surface area contributed by atoms with E-state index >= 15 is 0 Å². The van der Waals surface area contributed by atoms with E-state index in [2.05, 4.69) is 16.8 Å². The van der Waals surface area contributed by atoms with E-state index in [1.165, 1.54) is 0 Å². The van der Waals surface area contributed by atoms with Gasteiger partial charge in [0.1, 0.15) is 6.10 Å². The minimum absolute atomic E-state index is 0.0208. The smallest absolute Gasteiger partial charge is 0.338 e. The Morgan fingerprint density at radius 2 is 2.05 bits per heavy atom. The zero-order valence-electron chi connectivity index (χ0n) is 11.7. The number of aliphatic hydroxyl groups is 1. The summed E-state index contributed by atoms with van der Waals surface area (Å²) in [5.41, 5.74) is 6.94. The summed E-state index contributed by atoms with van der Waals surface area (Å²) in [7, 11) is 0. The fourth-order valence-electron chi connectivity index (χ4n) is 1.73. The zero-order chi connectivity index (χ0) is 15.9. The first-order valence-corrected chi connectivity index (χ1v) is 6.50. The molecule has 2 aromatic rings. The van der Waals surface area contributed by atoms with Crippen LogP contribution in [0.2, 0.25) is 0 Å². The number of nitrogens with two attached hydrogens (primary N) is 1. The number of nitrogens with zero attached hydrogens (tertiary/aromatic N) is 2. The number of rotatable bonds is 3. The number of carbonyl (C=O) groups is 1. The predicted octanol–water partition coefficient (Wildman–Crippen LogP) is 1.44. The summed E-state index contributed by atoms with van der Waals surface area (Å²) in [5.74, 6) is 5.56. The first kappa shape index (κ1) is 15.5. The maximum atomic E-state index is 10.7. The van der Waals surface area contributed by atoms with Crippen LogP contribution in [-0.2, 0) is 6.54 Å². The largest absolute Gasteiger partial charge is 0.376 e. The van der Waals surface area contributed by atoms with Crippen molar-refractivity contribution in [2.24, 2.45) is 5.73 Å². The van der Waals surface area contributed by atoms with Gasteiger partial charge in [-0.25, -0.2) is 9.86 Å². The molecule has 1 unspecified atom stereocenters. The highest BCUT2D eigenvalue weighted by Crippen LogP contribution is 2.14. The molecule has 1 aromatic heterocycles. The zero-order valence-corrected chi connectivity index (χ0v) is 11.7. The second-order valence-electron chi connectivity index (χ2n) is 4.55. The van der Waals surface area contributed by atoms with Crippen molar-refractivity contribution in [3.63, 3.8) is 0 Å². The Morgan fingerprint density at radius 3 is 2.64 bits per heavy atom. The molecule has 4 N–H and O–H groups in total. The molecule has 112 valence electrons. The molecule has 0 aliphatic carbocycles. The molecule has 2 rings (SSSR count). The van der Waals surface area contributed by atoms with Crippen LogP contribution in [0.15, 0.2) is 48.8 Å². The third kappa shape index (κ3) is 4.31. The number of benzene rings is 1. The van der Waals surface area contributed by atoms with Gasteiger partial charge in [-0.05, 0) is 23.3 Å². The van der Waals surface area contributed by atoms with Gasteiger partial charge in [0.2, 0.25) is 0 Å². The number of aliphatic hydroxyl groups excluding tert-OH is 1. The molecule has 6 heteroatoms. The lowest BCUT2D eigenvalue weighted by Crippen LogP contribution is -2.31. The average molecular weight is 297 g/mol. The number of carbonyl (C=O) groups excluding carboxylic acids is 1. The summed E-state index contributed by atoms with van der Waals surface area (Å²) in [4.78, 5) is 14.7. The average Bonchev–Trinajstić information content (AvgIpc) is 2.54. The lowest BCUT2D eigenvalue weighted by atomic mass is 10.1. The lowest BCUT2D eigenvalue weighted by Gasteiger charge is -2.12. The summed E-state index contributed by atoms with van der Waals surface area (Å²) < 4.78 is 0. The molecule has 0 fully saturated rings. The van der Waals surface area contributed by atoms with Gasteiger partial charge in [-0.1, -0.05) is 36.1 Å². The lowest BCUT2D eigenvalue weighted by molar-refractivity contribution is -0.0470. The minimum Gasteiger partial charge on any atom is -0.376 e. The molecule has 0 saturated carbocycles. The number of pyridine rings is 1. The Hall–Kier alpha value is -2.88. The number of hydrogen-bond acceptors (Lipinski definition) is 4. The van der Waals surface area contributed by atoms with Gasteiger partial charge in [-0.15, -0.1) is 0 Å². The highest BCUT2D eigenvalue weighted by molar-refractivity contribution is 5.70. The monoisotopic (exact) mass is 297 g/mol. The van der Waals surface area contributed by atoms with Crippen molar-refractivity contribution in [2.75, 3.05) is 0 Å². The Kier molecular flexibility index (Phi) is 5.09. The molecular weight excluding hydrogens is 282 g/mol. The SMILES string of the molecule is NC(=O)N(O)Cc1ccc(C(O)C#Cc2cccnc2)cc1. The fraction of sp³-hybridized carbons (Fsp3) is 0.125. The van der Waals surface area contributed by atoms with Gasteiger partial charge >= 0.3 is 6.03 Å². The van der Waals surface area contributed by atoms with Crippen molar-refractivity contribution in [3.8, 4) is 11.8 Å². The molecular formula is C16H15N3O3. The third-order valence-corrected chi connectivity index (χ3v) is 2.90. The van der Waals surface area contributed by atoms with Crippen LogP contribution in [0.1, 0.15) is 22.8 Å². The number of hydrogen-bond donors (Lipinski definition) is 3. The molecule has 6 nitrogen and oxygen atoms in total. The molecule has 0 spiro atoms. The third-order valence-electron chi connectivity index (χ3n) is 2.90. The van der Waals surface area contributed by atoms with Crippen LogP contribution in [0.25, 0.3) is 0 Å². The van der Waals surface area contributed by atoms with Crippen molar-refractivity contribution in [3.05, 3.63) is 65.5 Å². The number of aromatic nitrogens is 1. The van der Waals surface area contributed by atoms with Gasteiger partial charge in [0, 0.05) is 18.0 Å². The molecule has 0 aliphatic rings. The van der Waals surface area contributed by atoms with Crippen LogP contribution >= 0.6 is 0 Å². The predicted molar refractivity (Wildman–Crippen MR) is 79.4 cm³/mol. The van der Waals surface area contributed by atoms with E-state index in [9.17, 15) is 15.1 Å². The van der Waals surface area contributed by atoms with E-state index in [1.807, 2.05) is 0 Å². The van der Waals surface area contributed by atoms with Crippen LogP contribution in [0.5, 0.6) is 0 Å². The molecule has 1 aromatic carbocycles. The van der Waals surface area contributed by atoms with Crippen LogP contribution in [0.3, 0.4) is 0 Å². The number of hydroxylamine groups is 2. The first-order chi connectivity index (χ1) is 10.6. The Balaban J connectivity index is 2.04. The van der Waals surface area contributed by atoms with Crippen LogP contribution in [0, 0.1) is 11.8 Å². The van der Waals surface area contributed by atoms with Crippen LogP contribution in [0.4, 0.5) is 4.79 Å². The van der Waals surface area contributed by atoms with Crippen molar-refractivity contribution in [2.45, 2.75) is 12.6 Å². The summed E-state index contributed by atoms with van der Waals surface area (Å²) in [5, 5.41) is 19.7. The summed E-state index contributed by atoms with van der Waals surface area (Å²) in [6.07, 6.45) is 2.33. The van der Waals surface area contributed by atoms with Gasteiger partial charge in [-0.2, -0.15) is 0 Å². The highest BCUT2D eigenvalue weighted by Gasteiger charge is 2.08. The van der Waals surface area contributed by atoms with E-state index in [4.69, 9.17) is 5.73 Å². The van der Waals surface area contributed by atoms with Gasteiger partial charge in [0.05, 0.1) is 6.54 Å². The highest BCUT2D eigenvalue weighted by atomic mass is 16.5. The first-order valence-electron chi connectivity index (χ1n) is 6.50. The molecule has 0 radical (unpaired) electrons. The topological polar surface area (TPSA) is 99.7 Å². The van der Waals surface area contributed by atoms with Gasteiger partial charge in [-0.3, -0.25) is 10.2 Å². The van der Waals surface area contributed by atoms with E-state index in [0.29, 0.717) is 16.2 Å². The van der Waals surface area contributed by atoms with E-state index < -0.39 is 12.1 Å². The standard InChI is InChI=1S/C16H15N3O3/c17-16(21)19(22)11-13-3-6-14(7-4-13)15(20)8-5-12-2-1-9-18-10-12/h1-4,6-7,9-10,15,20,22H,11H2,(H2,17,21). The second-order valence-corrected chi connectivity index (χ2v) is 4.55. The number of urea groups is 1. The van der Waals surface area contributed by atoms with Gasteiger partial charge < -0.3 is 10.8 Å². The van der Waals surface area contributed by atoms with E-state index in [-0.39, 0.29) is 6.54 Å². The Bertz CT molecular complexity index is 690. The molecule has 2 amide bonds. The maximum Gasteiger partial charge on any atom is 0.338 e. The normalized spacial score (nSPS) is 11.2. The summed E-state index contributed by atoms with van der Waals surface area (Å²) >= 11 is 0. The van der Waals surface area contributed by atoms with Crippen molar-refractivity contribution in [1.29, 1.82) is 0 Å². The fourth-order valence-corrected chi connectivity index (χ4v) is 1.73. The van der Waals surface area contributed by atoms with Crippen molar-refractivity contribution in [1.82, 2.24) is 10.0 Å². The molecule has 22 heavy (non-hydrogen) atoms. The van der Waals surface area contributed by atoms with E-state index in [1.54, 1.807) is 48.8 Å². The van der Waals surface area contributed by atoms with Crippen molar-refractivity contribution >= 4 is 6.03 Å². The van der Waals surface area contributed by atoms with Crippen LogP contribution < -0.4 is 5.73 Å². The quantitative estimate of drug-likeness (QED) is 0.453. The molecule has 1 heterocycles. The number of primary amides is 1. The Morgan fingerprint density at radius 1 is 1.32 bits per heavy atom. The summed E-state index contributed by atoms with van der Waals surface area (Å²) in [6.45, 7) is -0.0208. The van der Waals surface area contributed by atoms with Crippen LogP contribution in [-0.4, -0.2) is 26.4 Å². The van der Waals surface area contributed by atoms with E-state index in [0.717, 1.165) is 5.56 Å². The molecule has 1 atom stereocenters. The Labute approximate surface area is 127 Å².